The van der Waals surface area contributed by atoms with Crippen LogP contribution in [0, 0.1) is 0 Å². The zero-order valence-corrected chi connectivity index (χ0v) is 6.46. The lowest BCUT2D eigenvalue weighted by atomic mass is 10.2. The Labute approximate surface area is 65.6 Å². The first-order chi connectivity index (χ1) is 5.27. The SMILES string of the molecule is CCc1cnc(N)c(NN)c1. The first-order valence-electron chi connectivity index (χ1n) is 3.49. The molecule has 0 aliphatic rings. The molecule has 5 N–H and O–H groups in total. The van der Waals surface area contributed by atoms with Crippen molar-refractivity contribution in [3.63, 3.8) is 0 Å². The maximum atomic E-state index is 5.50. The van der Waals surface area contributed by atoms with Gasteiger partial charge in [-0.25, -0.2) is 4.98 Å². The van der Waals surface area contributed by atoms with Crippen molar-refractivity contribution >= 4 is 11.5 Å². The van der Waals surface area contributed by atoms with Gasteiger partial charge in [-0.3, -0.25) is 5.84 Å². The summed E-state index contributed by atoms with van der Waals surface area (Å²) in [5.74, 6) is 5.64. The number of nitrogen functional groups attached to an aromatic ring is 2. The number of aryl methyl sites for hydroxylation is 1. The van der Waals surface area contributed by atoms with Crippen LogP contribution in [0.15, 0.2) is 12.3 Å². The molecule has 1 heterocycles. The summed E-state index contributed by atoms with van der Waals surface area (Å²) in [6.07, 6.45) is 2.68. The summed E-state index contributed by atoms with van der Waals surface area (Å²) >= 11 is 0. The third kappa shape index (κ3) is 1.59. The lowest BCUT2D eigenvalue weighted by Gasteiger charge is -2.04. The molecule has 11 heavy (non-hydrogen) atoms. The fraction of sp³-hybridized carbons (Fsp3) is 0.286. The number of nitrogens with zero attached hydrogens (tertiary/aromatic N) is 1. The van der Waals surface area contributed by atoms with Crippen molar-refractivity contribution in [1.29, 1.82) is 0 Å². The second-order valence-electron chi connectivity index (χ2n) is 2.27. The Hall–Kier alpha value is -1.29. The molecular formula is C7H12N4. The van der Waals surface area contributed by atoms with Crippen LogP contribution < -0.4 is 17.0 Å². The van der Waals surface area contributed by atoms with Crippen molar-refractivity contribution in [3.8, 4) is 0 Å². The molecule has 0 radical (unpaired) electrons. The number of hydrazine groups is 1. The smallest absolute Gasteiger partial charge is 0.148 e. The summed E-state index contributed by atoms with van der Waals surface area (Å²) < 4.78 is 0. The van der Waals surface area contributed by atoms with E-state index in [1.165, 1.54) is 0 Å². The minimum atomic E-state index is 0.435. The van der Waals surface area contributed by atoms with E-state index in [9.17, 15) is 0 Å². The fourth-order valence-electron chi connectivity index (χ4n) is 0.828. The van der Waals surface area contributed by atoms with Gasteiger partial charge in [0.1, 0.15) is 5.82 Å². The lowest BCUT2D eigenvalue weighted by molar-refractivity contribution is 1.10. The monoisotopic (exact) mass is 152 g/mol. The third-order valence-electron chi connectivity index (χ3n) is 1.54. The average molecular weight is 152 g/mol. The van der Waals surface area contributed by atoms with Crippen molar-refractivity contribution in [1.82, 2.24) is 4.98 Å². The van der Waals surface area contributed by atoms with Gasteiger partial charge in [-0.05, 0) is 18.1 Å². The second-order valence-corrected chi connectivity index (χ2v) is 2.27. The van der Waals surface area contributed by atoms with Crippen molar-refractivity contribution < 1.29 is 0 Å². The molecule has 0 bridgehead atoms. The van der Waals surface area contributed by atoms with E-state index in [4.69, 9.17) is 11.6 Å². The van der Waals surface area contributed by atoms with Crippen LogP contribution in [0.1, 0.15) is 12.5 Å². The Morgan fingerprint density at radius 1 is 1.64 bits per heavy atom. The Bertz CT molecular complexity index is 246. The Morgan fingerprint density at radius 2 is 2.36 bits per heavy atom. The molecule has 0 atom stereocenters. The van der Waals surface area contributed by atoms with Crippen molar-refractivity contribution in [2.75, 3.05) is 11.2 Å². The summed E-state index contributed by atoms with van der Waals surface area (Å²) in [4.78, 5) is 3.96. The number of nitrogens with one attached hydrogen (secondary N) is 1. The van der Waals surface area contributed by atoms with E-state index in [-0.39, 0.29) is 0 Å². The highest BCUT2D eigenvalue weighted by atomic mass is 15.2. The van der Waals surface area contributed by atoms with Gasteiger partial charge in [0.25, 0.3) is 0 Å². The van der Waals surface area contributed by atoms with Gasteiger partial charge < -0.3 is 11.2 Å². The van der Waals surface area contributed by atoms with Crippen LogP contribution in [0.25, 0.3) is 0 Å². The highest BCUT2D eigenvalue weighted by Crippen LogP contribution is 2.15. The number of hydrogen-bond donors (Lipinski definition) is 3. The van der Waals surface area contributed by atoms with Crippen LogP contribution in [0.3, 0.4) is 0 Å². The van der Waals surface area contributed by atoms with Gasteiger partial charge in [0, 0.05) is 6.20 Å². The van der Waals surface area contributed by atoms with E-state index < -0.39 is 0 Å². The normalized spacial score (nSPS) is 9.64. The fourth-order valence-corrected chi connectivity index (χ4v) is 0.828. The van der Waals surface area contributed by atoms with Crippen molar-refractivity contribution in [2.24, 2.45) is 5.84 Å². The van der Waals surface area contributed by atoms with Crippen LogP contribution in [0.5, 0.6) is 0 Å². The van der Waals surface area contributed by atoms with E-state index in [1.807, 2.05) is 13.0 Å². The van der Waals surface area contributed by atoms with Crippen LogP contribution in [-0.2, 0) is 6.42 Å². The molecule has 0 fully saturated rings. The minimum Gasteiger partial charge on any atom is -0.382 e. The number of anilines is 2. The average Bonchev–Trinajstić information content (AvgIpc) is 2.05. The maximum absolute atomic E-state index is 5.50. The van der Waals surface area contributed by atoms with Gasteiger partial charge in [-0.15, -0.1) is 0 Å². The molecule has 60 valence electrons. The molecule has 0 saturated heterocycles. The third-order valence-corrected chi connectivity index (χ3v) is 1.54. The maximum Gasteiger partial charge on any atom is 0.148 e. The molecule has 0 amide bonds. The highest BCUT2D eigenvalue weighted by Gasteiger charge is 1.98. The van der Waals surface area contributed by atoms with Gasteiger partial charge in [0.05, 0.1) is 5.69 Å². The van der Waals surface area contributed by atoms with E-state index in [0.717, 1.165) is 12.0 Å². The largest absolute Gasteiger partial charge is 0.382 e. The zero-order chi connectivity index (χ0) is 8.27. The topological polar surface area (TPSA) is 77.0 Å². The summed E-state index contributed by atoms with van der Waals surface area (Å²) in [6, 6.07) is 1.89. The van der Waals surface area contributed by atoms with E-state index in [2.05, 4.69) is 10.4 Å². The predicted octanol–water partition coefficient (Wildman–Crippen LogP) is 0.512. The number of rotatable bonds is 2. The molecule has 0 aromatic carbocycles. The lowest BCUT2D eigenvalue weighted by Crippen LogP contribution is -2.10. The molecule has 4 heteroatoms. The van der Waals surface area contributed by atoms with Gasteiger partial charge in [-0.1, -0.05) is 6.92 Å². The summed E-state index contributed by atoms with van der Waals surface area (Å²) in [5, 5.41) is 0. The first-order valence-corrected chi connectivity index (χ1v) is 3.49. The molecule has 0 aliphatic heterocycles. The van der Waals surface area contributed by atoms with Gasteiger partial charge in [0.15, 0.2) is 0 Å². The number of hydrogen-bond acceptors (Lipinski definition) is 4. The number of pyridine rings is 1. The molecule has 1 aromatic rings. The van der Waals surface area contributed by atoms with Crippen LogP contribution >= 0.6 is 0 Å². The number of nitrogens with two attached hydrogens (primary N) is 2. The highest BCUT2D eigenvalue weighted by molar-refractivity contribution is 5.61. The van der Waals surface area contributed by atoms with E-state index in [0.29, 0.717) is 11.5 Å². The molecule has 0 spiro atoms. The Balaban J connectivity index is 3.02. The number of aromatic nitrogens is 1. The van der Waals surface area contributed by atoms with Crippen LogP contribution in [0.4, 0.5) is 11.5 Å². The second kappa shape index (κ2) is 3.21. The Morgan fingerprint density at radius 3 is 2.91 bits per heavy atom. The van der Waals surface area contributed by atoms with Gasteiger partial charge in [-0.2, -0.15) is 0 Å². The first kappa shape index (κ1) is 7.81. The van der Waals surface area contributed by atoms with E-state index in [1.54, 1.807) is 6.20 Å². The molecule has 4 nitrogen and oxygen atoms in total. The van der Waals surface area contributed by atoms with Crippen LogP contribution in [-0.4, -0.2) is 4.98 Å². The summed E-state index contributed by atoms with van der Waals surface area (Å²) in [6.45, 7) is 2.05. The standard InChI is InChI=1S/C7H12N4/c1-2-5-3-6(11-9)7(8)10-4-5/h3-4,11H,2,9H2,1H3,(H2,8,10). The van der Waals surface area contributed by atoms with Crippen LogP contribution in [0.2, 0.25) is 0 Å². The van der Waals surface area contributed by atoms with E-state index >= 15 is 0 Å². The molecule has 1 rings (SSSR count). The quantitative estimate of drug-likeness (QED) is 0.426. The molecule has 1 aromatic heterocycles. The van der Waals surface area contributed by atoms with Crippen molar-refractivity contribution in [2.45, 2.75) is 13.3 Å². The van der Waals surface area contributed by atoms with Gasteiger partial charge >= 0.3 is 0 Å². The molecule has 0 saturated carbocycles. The molecule has 0 aliphatic carbocycles. The Kier molecular flexibility index (Phi) is 2.28. The summed E-state index contributed by atoms with van der Waals surface area (Å²) in [5.41, 5.74) is 9.79. The minimum absolute atomic E-state index is 0.435. The predicted molar refractivity (Wildman–Crippen MR) is 45.8 cm³/mol. The van der Waals surface area contributed by atoms with Crippen molar-refractivity contribution in [3.05, 3.63) is 17.8 Å². The zero-order valence-electron chi connectivity index (χ0n) is 6.46. The summed E-state index contributed by atoms with van der Waals surface area (Å²) in [7, 11) is 0. The molecular weight excluding hydrogens is 140 g/mol. The molecule has 0 unspecified atom stereocenters. The van der Waals surface area contributed by atoms with Gasteiger partial charge in [0.2, 0.25) is 0 Å².